The SMILES string of the molecule is CCOc1ccccc1NC(=O)CSc1nc2c(oc3ccccc32)c(=O)n1-c1ccccc1. The number of ether oxygens (including phenoxy) is 1. The van der Waals surface area contributed by atoms with Crippen LogP contribution < -0.4 is 15.6 Å². The molecule has 1 N–H and O–H groups in total. The third-order valence-corrected chi connectivity index (χ3v) is 6.11. The Bertz CT molecular complexity index is 1540. The lowest BCUT2D eigenvalue weighted by Gasteiger charge is -2.13. The van der Waals surface area contributed by atoms with Crippen molar-refractivity contribution in [3.8, 4) is 11.4 Å². The van der Waals surface area contributed by atoms with Crippen molar-refractivity contribution < 1.29 is 13.9 Å². The van der Waals surface area contributed by atoms with Crippen LogP contribution in [0.15, 0.2) is 93.2 Å². The number of carbonyl (C=O) groups is 1. The Morgan fingerprint density at radius 2 is 1.76 bits per heavy atom. The van der Waals surface area contributed by atoms with Gasteiger partial charge in [0, 0.05) is 5.39 Å². The average molecular weight is 472 g/mol. The van der Waals surface area contributed by atoms with E-state index in [1.807, 2.05) is 67.6 Å². The number of fused-ring (bicyclic) bond motifs is 3. The van der Waals surface area contributed by atoms with Crippen molar-refractivity contribution in [3.05, 3.63) is 89.2 Å². The van der Waals surface area contributed by atoms with Crippen LogP contribution in [-0.4, -0.2) is 27.8 Å². The van der Waals surface area contributed by atoms with Crippen LogP contribution in [0.2, 0.25) is 0 Å². The quantitative estimate of drug-likeness (QED) is 0.257. The molecule has 5 rings (SSSR count). The van der Waals surface area contributed by atoms with E-state index in [0.717, 1.165) is 5.39 Å². The number of nitrogens with one attached hydrogen (secondary N) is 1. The molecule has 0 aliphatic rings. The first kappa shape index (κ1) is 21.8. The molecule has 7 nitrogen and oxygen atoms in total. The molecule has 0 aliphatic carbocycles. The third kappa shape index (κ3) is 4.15. The first-order valence-electron chi connectivity index (χ1n) is 10.8. The molecule has 8 heteroatoms. The summed E-state index contributed by atoms with van der Waals surface area (Å²) < 4.78 is 12.9. The maximum absolute atomic E-state index is 13.5. The van der Waals surface area contributed by atoms with Crippen molar-refractivity contribution in [2.24, 2.45) is 0 Å². The number of para-hydroxylation sites is 4. The Labute approximate surface area is 199 Å². The predicted octanol–water partition coefficient (Wildman–Crippen LogP) is 5.26. The normalized spacial score (nSPS) is 11.1. The Morgan fingerprint density at radius 3 is 2.59 bits per heavy atom. The highest BCUT2D eigenvalue weighted by molar-refractivity contribution is 7.99. The molecule has 0 aliphatic heterocycles. The topological polar surface area (TPSA) is 86.4 Å². The van der Waals surface area contributed by atoms with Crippen molar-refractivity contribution in [1.29, 1.82) is 0 Å². The molecule has 34 heavy (non-hydrogen) atoms. The summed E-state index contributed by atoms with van der Waals surface area (Å²) in [4.78, 5) is 31.0. The maximum Gasteiger partial charge on any atom is 0.302 e. The molecule has 2 heterocycles. The van der Waals surface area contributed by atoms with Gasteiger partial charge in [-0.25, -0.2) is 4.98 Å². The van der Waals surface area contributed by atoms with Gasteiger partial charge in [0.15, 0.2) is 5.16 Å². The number of anilines is 1. The summed E-state index contributed by atoms with van der Waals surface area (Å²) in [6, 6.07) is 23.9. The van der Waals surface area contributed by atoms with Crippen LogP contribution in [0, 0.1) is 0 Å². The molecule has 5 aromatic rings. The molecule has 3 aromatic carbocycles. The standard InChI is InChI=1S/C26H21N3O4S/c1-2-32-21-15-9-7-13-19(21)27-22(30)16-34-26-28-23-18-12-6-8-14-20(18)33-24(23)25(31)29(26)17-10-4-3-5-11-17/h3-15H,2,16H2,1H3,(H,27,30). The van der Waals surface area contributed by atoms with E-state index in [9.17, 15) is 9.59 Å². The first-order chi connectivity index (χ1) is 16.7. The zero-order valence-electron chi connectivity index (χ0n) is 18.4. The third-order valence-electron chi connectivity index (χ3n) is 5.17. The number of furan rings is 1. The van der Waals surface area contributed by atoms with Gasteiger partial charge >= 0.3 is 5.56 Å². The molecule has 1 amide bonds. The molecule has 0 fully saturated rings. The van der Waals surface area contributed by atoms with Crippen LogP contribution in [0.1, 0.15) is 6.92 Å². The van der Waals surface area contributed by atoms with Gasteiger partial charge in [-0.2, -0.15) is 0 Å². The van der Waals surface area contributed by atoms with Crippen molar-refractivity contribution >= 4 is 45.4 Å². The fourth-order valence-electron chi connectivity index (χ4n) is 3.69. The van der Waals surface area contributed by atoms with Crippen molar-refractivity contribution in [3.63, 3.8) is 0 Å². The predicted molar refractivity (Wildman–Crippen MR) is 134 cm³/mol. The molecule has 170 valence electrons. The molecule has 0 saturated heterocycles. The number of rotatable bonds is 7. The Balaban J connectivity index is 1.51. The van der Waals surface area contributed by atoms with E-state index in [4.69, 9.17) is 14.1 Å². The summed E-state index contributed by atoms with van der Waals surface area (Å²) in [6.07, 6.45) is 0. The monoisotopic (exact) mass is 471 g/mol. The number of thioether (sulfide) groups is 1. The van der Waals surface area contributed by atoms with E-state index in [1.165, 1.54) is 16.3 Å². The minimum atomic E-state index is -0.322. The molecule has 0 bridgehead atoms. The van der Waals surface area contributed by atoms with Gasteiger partial charge in [-0.15, -0.1) is 0 Å². The van der Waals surface area contributed by atoms with Crippen LogP contribution in [0.25, 0.3) is 27.8 Å². The van der Waals surface area contributed by atoms with E-state index in [0.29, 0.717) is 40.0 Å². The smallest absolute Gasteiger partial charge is 0.302 e. The van der Waals surface area contributed by atoms with E-state index in [2.05, 4.69) is 5.32 Å². The lowest BCUT2D eigenvalue weighted by Crippen LogP contribution is -2.22. The van der Waals surface area contributed by atoms with Gasteiger partial charge in [0.2, 0.25) is 11.5 Å². The molecule has 0 spiro atoms. The van der Waals surface area contributed by atoms with Crippen molar-refractivity contribution in [2.45, 2.75) is 12.1 Å². The second kappa shape index (κ2) is 9.44. The number of aromatic nitrogens is 2. The number of carbonyl (C=O) groups excluding carboxylic acids is 1. The average Bonchev–Trinajstić information content (AvgIpc) is 3.24. The number of nitrogens with zero attached hydrogens (tertiary/aromatic N) is 2. The van der Waals surface area contributed by atoms with Crippen molar-refractivity contribution in [1.82, 2.24) is 9.55 Å². The zero-order chi connectivity index (χ0) is 23.5. The molecular formula is C26H21N3O4S. The number of amides is 1. The molecule has 0 atom stereocenters. The first-order valence-corrected chi connectivity index (χ1v) is 11.8. The minimum absolute atomic E-state index is 0.0566. The van der Waals surface area contributed by atoms with Gasteiger partial charge in [0.1, 0.15) is 16.8 Å². The lowest BCUT2D eigenvalue weighted by atomic mass is 10.2. The Morgan fingerprint density at radius 1 is 1.03 bits per heavy atom. The minimum Gasteiger partial charge on any atom is -0.492 e. The molecule has 0 saturated carbocycles. The fraction of sp³-hybridized carbons (Fsp3) is 0.115. The van der Waals surface area contributed by atoms with E-state index >= 15 is 0 Å². The van der Waals surface area contributed by atoms with Gasteiger partial charge in [-0.1, -0.05) is 54.2 Å². The second-order valence-electron chi connectivity index (χ2n) is 7.41. The van der Waals surface area contributed by atoms with Crippen LogP contribution in [0.3, 0.4) is 0 Å². The molecular weight excluding hydrogens is 450 g/mol. The van der Waals surface area contributed by atoms with E-state index in [-0.39, 0.29) is 22.8 Å². The summed E-state index contributed by atoms with van der Waals surface area (Å²) in [5.74, 6) is 0.429. The van der Waals surface area contributed by atoms with Crippen molar-refractivity contribution in [2.75, 3.05) is 17.7 Å². The molecule has 0 radical (unpaired) electrons. The van der Waals surface area contributed by atoms with Crippen LogP contribution >= 0.6 is 11.8 Å². The summed E-state index contributed by atoms with van der Waals surface area (Å²) in [5, 5.41) is 4.05. The summed E-state index contributed by atoms with van der Waals surface area (Å²) in [7, 11) is 0. The Kier molecular flexibility index (Phi) is 6.05. The van der Waals surface area contributed by atoms with Crippen LogP contribution in [0.5, 0.6) is 5.75 Å². The summed E-state index contributed by atoms with van der Waals surface area (Å²) in [6.45, 7) is 2.38. The fourth-order valence-corrected chi connectivity index (χ4v) is 4.50. The lowest BCUT2D eigenvalue weighted by molar-refractivity contribution is -0.113. The highest BCUT2D eigenvalue weighted by Gasteiger charge is 2.20. The van der Waals surface area contributed by atoms with Gasteiger partial charge < -0.3 is 14.5 Å². The molecule has 2 aromatic heterocycles. The molecule has 0 unspecified atom stereocenters. The van der Waals surface area contributed by atoms with E-state index < -0.39 is 0 Å². The summed E-state index contributed by atoms with van der Waals surface area (Å²) >= 11 is 1.19. The van der Waals surface area contributed by atoms with Crippen LogP contribution in [0.4, 0.5) is 5.69 Å². The Hall–Kier alpha value is -4.04. The van der Waals surface area contributed by atoms with E-state index in [1.54, 1.807) is 18.2 Å². The van der Waals surface area contributed by atoms with Gasteiger partial charge in [0.25, 0.3) is 0 Å². The second-order valence-corrected chi connectivity index (χ2v) is 8.35. The highest BCUT2D eigenvalue weighted by Crippen LogP contribution is 2.29. The van der Waals surface area contributed by atoms with Crippen LogP contribution in [-0.2, 0) is 4.79 Å². The van der Waals surface area contributed by atoms with Gasteiger partial charge in [0.05, 0.1) is 23.7 Å². The van der Waals surface area contributed by atoms with Gasteiger partial charge in [-0.3, -0.25) is 14.2 Å². The summed E-state index contributed by atoms with van der Waals surface area (Å²) in [5.41, 5.74) is 2.18. The largest absolute Gasteiger partial charge is 0.492 e. The number of hydrogen-bond acceptors (Lipinski definition) is 6. The number of benzene rings is 3. The number of hydrogen-bond donors (Lipinski definition) is 1. The highest BCUT2D eigenvalue weighted by atomic mass is 32.2. The maximum atomic E-state index is 13.5. The van der Waals surface area contributed by atoms with Gasteiger partial charge in [-0.05, 0) is 43.3 Å². The zero-order valence-corrected chi connectivity index (χ0v) is 19.2.